The van der Waals surface area contributed by atoms with Crippen LogP contribution in [0.3, 0.4) is 0 Å². The van der Waals surface area contributed by atoms with Gasteiger partial charge in [0.25, 0.3) is 0 Å². The van der Waals surface area contributed by atoms with Gasteiger partial charge in [-0.15, -0.1) is 0 Å². The third-order valence-corrected chi connectivity index (χ3v) is 3.77. The molecule has 3 nitrogen and oxygen atoms in total. The van der Waals surface area contributed by atoms with Crippen LogP contribution >= 0.6 is 0 Å². The Balaban J connectivity index is 2.27. The highest BCUT2D eigenvalue weighted by molar-refractivity contribution is 5.39. The predicted octanol–water partition coefficient (Wildman–Crippen LogP) is 2.69. The van der Waals surface area contributed by atoms with E-state index in [0.29, 0.717) is 12.0 Å². The van der Waals surface area contributed by atoms with Gasteiger partial charge in [-0.3, -0.25) is 0 Å². The van der Waals surface area contributed by atoms with Gasteiger partial charge in [0.1, 0.15) is 5.75 Å². The van der Waals surface area contributed by atoms with Crippen molar-refractivity contribution in [3.05, 3.63) is 29.3 Å². The highest BCUT2D eigenvalue weighted by Crippen LogP contribution is 2.35. The van der Waals surface area contributed by atoms with Gasteiger partial charge in [0.05, 0.1) is 7.11 Å². The highest BCUT2D eigenvalue weighted by Gasteiger charge is 2.26. The first kappa shape index (κ1) is 13.4. The maximum atomic E-state index is 5.50. The van der Waals surface area contributed by atoms with E-state index < -0.39 is 0 Å². The van der Waals surface area contributed by atoms with Crippen molar-refractivity contribution in [2.45, 2.75) is 25.8 Å². The van der Waals surface area contributed by atoms with Gasteiger partial charge in [-0.1, -0.05) is 17.7 Å². The minimum atomic E-state index is 0.351. The number of hydrogen-bond acceptors (Lipinski definition) is 3. The van der Waals surface area contributed by atoms with Crippen molar-refractivity contribution < 1.29 is 9.47 Å². The summed E-state index contributed by atoms with van der Waals surface area (Å²) >= 11 is 0. The van der Waals surface area contributed by atoms with E-state index >= 15 is 0 Å². The molecule has 0 saturated carbocycles. The van der Waals surface area contributed by atoms with Crippen molar-refractivity contribution in [2.24, 2.45) is 5.92 Å². The van der Waals surface area contributed by atoms with Crippen LogP contribution in [-0.2, 0) is 4.74 Å². The van der Waals surface area contributed by atoms with E-state index in [2.05, 4.69) is 30.4 Å². The van der Waals surface area contributed by atoms with Crippen molar-refractivity contribution in [1.82, 2.24) is 5.32 Å². The predicted molar refractivity (Wildman–Crippen MR) is 73.1 cm³/mol. The van der Waals surface area contributed by atoms with Crippen LogP contribution in [0.2, 0.25) is 0 Å². The summed E-state index contributed by atoms with van der Waals surface area (Å²) in [5, 5.41) is 3.45. The van der Waals surface area contributed by atoms with E-state index in [4.69, 9.17) is 9.47 Å². The van der Waals surface area contributed by atoms with Crippen LogP contribution in [0.4, 0.5) is 0 Å². The van der Waals surface area contributed by atoms with E-state index in [1.807, 2.05) is 7.05 Å². The van der Waals surface area contributed by atoms with Gasteiger partial charge in [0.2, 0.25) is 0 Å². The average Bonchev–Trinajstić information content (AvgIpc) is 2.41. The third-order valence-electron chi connectivity index (χ3n) is 3.77. The van der Waals surface area contributed by atoms with Crippen LogP contribution in [0.1, 0.15) is 30.0 Å². The molecule has 1 heterocycles. The summed E-state index contributed by atoms with van der Waals surface area (Å²) in [5.74, 6) is 1.60. The molecule has 1 N–H and O–H groups in total. The Morgan fingerprint density at radius 1 is 1.33 bits per heavy atom. The number of rotatable bonds is 4. The van der Waals surface area contributed by atoms with E-state index in [0.717, 1.165) is 31.8 Å². The number of benzene rings is 1. The first-order chi connectivity index (χ1) is 8.76. The number of methoxy groups -OCH3 is 1. The molecule has 3 heteroatoms. The molecule has 1 aromatic carbocycles. The quantitative estimate of drug-likeness (QED) is 0.890. The second kappa shape index (κ2) is 6.21. The minimum absolute atomic E-state index is 0.351. The van der Waals surface area contributed by atoms with E-state index in [9.17, 15) is 0 Å². The SMILES string of the molecule is CNC(c1cc(C)ccc1OC)C1CCOCC1. The largest absolute Gasteiger partial charge is 0.496 e. The molecule has 18 heavy (non-hydrogen) atoms. The zero-order valence-electron chi connectivity index (χ0n) is 11.5. The Labute approximate surface area is 109 Å². The Hall–Kier alpha value is -1.06. The molecule has 0 spiro atoms. The molecule has 1 aliphatic rings. The Morgan fingerprint density at radius 2 is 2.06 bits per heavy atom. The van der Waals surface area contributed by atoms with Crippen molar-refractivity contribution in [2.75, 3.05) is 27.4 Å². The fraction of sp³-hybridized carbons (Fsp3) is 0.600. The maximum absolute atomic E-state index is 5.50. The fourth-order valence-corrected chi connectivity index (χ4v) is 2.79. The van der Waals surface area contributed by atoms with Gasteiger partial charge in [-0.25, -0.2) is 0 Å². The summed E-state index contributed by atoms with van der Waals surface area (Å²) in [7, 11) is 3.77. The van der Waals surface area contributed by atoms with Crippen LogP contribution in [0.25, 0.3) is 0 Å². The number of hydrogen-bond donors (Lipinski definition) is 1. The molecule has 0 aliphatic carbocycles. The van der Waals surface area contributed by atoms with E-state index in [-0.39, 0.29) is 0 Å². The number of ether oxygens (including phenoxy) is 2. The standard InChI is InChI=1S/C15H23NO2/c1-11-4-5-14(17-3)13(10-11)15(16-2)12-6-8-18-9-7-12/h4-5,10,12,15-16H,6-9H2,1-3H3. The van der Waals surface area contributed by atoms with Gasteiger partial charge < -0.3 is 14.8 Å². The molecule has 1 aliphatic heterocycles. The normalized spacial score (nSPS) is 18.6. The number of aryl methyl sites for hydroxylation is 1. The van der Waals surface area contributed by atoms with Crippen LogP contribution in [0.15, 0.2) is 18.2 Å². The van der Waals surface area contributed by atoms with Crippen LogP contribution < -0.4 is 10.1 Å². The highest BCUT2D eigenvalue weighted by atomic mass is 16.5. The fourth-order valence-electron chi connectivity index (χ4n) is 2.79. The smallest absolute Gasteiger partial charge is 0.123 e. The summed E-state index contributed by atoms with van der Waals surface area (Å²) in [6, 6.07) is 6.74. The van der Waals surface area contributed by atoms with Crippen LogP contribution in [-0.4, -0.2) is 27.4 Å². The second-order valence-corrected chi connectivity index (χ2v) is 4.96. The molecule has 1 aromatic rings. The molecular formula is C15H23NO2. The molecular weight excluding hydrogens is 226 g/mol. The maximum Gasteiger partial charge on any atom is 0.123 e. The lowest BCUT2D eigenvalue weighted by molar-refractivity contribution is 0.0543. The molecule has 2 rings (SSSR count). The van der Waals surface area contributed by atoms with E-state index in [1.165, 1.54) is 11.1 Å². The molecule has 1 fully saturated rings. The van der Waals surface area contributed by atoms with Crippen molar-refractivity contribution in [3.63, 3.8) is 0 Å². The Morgan fingerprint density at radius 3 is 2.67 bits per heavy atom. The summed E-state index contributed by atoms with van der Waals surface area (Å²) < 4.78 is 11.0. The summed E-state index contributed by atoms with van der Waals surface area (Å²) in [4.78, 5) is 0. The van der Waals surface area contributed by atoms with E-state index in [1.54, 1.807) is 7.11 Å². The lowest BCUT2D eigenvalue weighted by atomic mass is 9.86. The van der Waals surface area contributed by atoms with Gasteiger partial charge in [0, 0.05) is 24.8 Å². The Kier molecular flexibility index (Phi) is 4.61. The van der Waals surface area contributed by atoms with Crippen molar-refractivity contribution in [3.8, 4) is 5.75 Å². The lowest BCUT2D eigenvalue weighted by Gasteiger charge is -2.31. The zero-order chi connectivity index (χ0) is 13.0. The lowest BCUT2D eigenvalue weighted by Crippen LogP contribution is -2.30. The summed E-state index contributed by atoms with van der Waals surface area (Å²) in [6.07, 6.45) is 2.23. The summed E-state index contributed by atoms with van der Waals surface area (Å²) in [5.41, 5.74) is 2.55. The molecule has 100 valence electrons. The topological polar surface area (TPSA) is 30.5 Å². The van der Waals surface area contributed by atoms with Gasteiger partial charge >= 0.3 is 0 Å². The monoisotopic (exact) mass is 249 g/mol. The third kappa shape index (κ3) is 2.85. The molecule has 0 radical (unpaired) electrons. The van der Waals surface area contributed by atoms with Crippen molar-refractivity contribution >= 4 is 0 Å². The molecule has 1 saturated heterocycles. The first-order valence-electron chi connectivity index (χ1n) is 6.65. The van der Waals surface area contributed by atoms with Gasteiger partial charge in [-0.2, -0.15) is 0 Å². The zero-order valence-corrected chi connectivity index (χ0v) is 11.5. The summed E-state index contributed by atoms with van der Waals surface area (Å²) in [6.45, 7) is 3.87. The molecule has 1 atom stereocenters. The second-order valence-electron chi connectivity index (χ2n) is 4.96. The molecule has 1 unspecified atom stereocenters. The number of nitrogens with one attached hydrogen (secondary N) is 1. The van der Waals surface area contributed by atoms with Crippen molar-refractivity contribution in [1.29, 1.82) is 0 Å². The average molecular weight is 249 g/mol. The van der Waals surface area contributed by atoms with Crippen LogP contribution in [0, 0.1) is 12.8 Å². The minimum Gasteiger partial charge on any atom is -0.496 e. The Bertz CT molecular complexity index is 386. The molecule has 0 amide bonds. The molecule has 0 aromatic heterocycles. The van der Waals surface area contributed by atoms with Crippen LogP contribution in [0.5, 0.6) is 5.75 Å². The first-order valence-corrected chi connectivity index (χ1v) is 6.65. The van der Waals surface area contributed by atoms with Gasteiger partial charge in [-0.05, 0) is 38.8 Å². The van der Waals surface area contributed by atoms with Gasteiger partial charge in [0.15, 0.2) is 0 Å². The molecule has 0 bridgehead atoms.